The molecule has 3 heterocycles. The third kappa shape index (κ3) is 4.96. The Morgan fingerprint density at radius 1 is 1.19 bits per heavy atom. The van der Waals surface area contributed by atoms with Gasteiger partial charge in [-0.05, 0) is 57.3 Å². The molecule has 2 aliphatic heterocycles. The average Bonchev–Trinajstić information content (AvgIpc) is 3.27. The number of ether oxygens (including phenoxy) is 1. The smallest absolute Gasteiger partial charge is 0.158 e. The van der Waals surface area contributed by atoms with E-state index in [9.17, 15) is 0 Å². The first kappa shape index (κ1) is 21.5. The number of methoxy groups -OCH3 is 1. The number of hydrogen-bond acceptors (Lipinski definition) is 8. The summed E-state index contributed by atoms with van der Waals surface area (Å²) in [5.74, 6) is 2.16. The summed E-state index contributed by atoms with van der Waals surface area (Å²) in [6, 6.07) is 9.41. The van der Waals surface area contributed by atoms with Crippen molar-refractivity contribution in [2.75, 3.05) is 25.5 Å². The van der Waals surface area contributed by atoms with Crippen LogP contribution in [0, 0.1) is 11.3 Å². The molecule has 0 aliphatic carbocycles. The average molecular weight is 422 g/mol. The lowest BCUT2D eigenvalue weighted by atomic mass is 9.87. The molecule has 8 nitrogen and oxygen atoms in total. The van der Waals surface area contributed by atoms with Crippen molar-refractivity contribution in [2.45, 2.75) is 57.3 Å². The van der Waals surface area contributed by atoms with E-state index in [1.165, 1.54) is 24.6 Å². The molecule has 2 unspecified atom stereocenters. The summed E-state index contributed by atoms with van der Waals surface area (Å²) in [7, 11) is 1.74. The Kier molecular flexibility index (Phi) is 6.66. The zero-order valence-corrected chi connectivity index (χ0v) is 18.4. The van der Waals surface area contributed by atoms with Crippen LogP contribution < -0.4 is 20.9 Å². The molecule has 8 heteroatoms. The van der Waals surface area contributed by atoms with Gasteiger partial charge in [0, 0.05) is 18.0 Å². The predicted octanol–water partition coefficient (Wildman–Crippen LogP) is 2.92. The number of aromatic nitrogens is 2. The Bertz CT molecular complexity index is 917. The minimum Gasteiger partial charge on any atom is -0.496 e. The molecule has 164 valence electrons. The highest BCUT2D eigenvalue weighted by atomic mass is 16.5. The molecule has 0 saturated carbocycles. The van der Waals surface area contributed by atoms with Crippen molar-refractivity contribution in [3.63, 3.8) is 0 Å². The van der Waals surface area contributed by atoms with E-state index in [0.717, 1.165) is 30.8 Å². The van der Waals surface area contributed by atoms with Gasteiger partial charge < -0.3 is 15.0 Å². The van der Waals surface area contributed by atoms with E-state index in [1.54, 1.807) is 13.3 Å². The van der Waals surface area contributed by atoms with Gasteiger partial charge in [0.15, 0.2) is 5.69 Å². The zero-order valence-electron chi connectivity index (χ0n) is 18.4. The standard InChI is InChI=1S/C23H31N7O/c1-15(2)30-8-6-16(7-9-30)17-4-5-19(21(10-17)31-3)20-11-22(29-28-20)27-23-14-25-18(12-24)13-26-23/h4-5,10,13-16,20,22,28-29H,6-9,11H2,1-3H3,(H,26,27). The van der Waals surface area contributed by atoms with Crippen LogP contribution in [0.2, 0.25) is 0 Å². The summed E-state index contributed by atoms with van der Waals surface area (Å²) in [5, 5.41) is 12.2. The molecule has 3 N–H and O–H groups in total. The van der Waals surface area contributed by atoms with E-state index in [2.05, 4.69) is 63.1 Å². The van der Waals surface area contributed by atoms with Gasteiger partial charge in [-0.15, -0.1) is 0 Å². The summed E-state index contributed by atoms with van der Waals surface area (Å²) < 4.78 is 5.78. The van der Waals surface area contributed by atoms with Crippen molar-refractivity contribution in [1.29, 1.82) is 5.26 Å². The molecule has 2 atom stereocenters. The van der Waals surface area contributed by atoms with Crippen LogP contribution in [0.4, 0.5) is 5.82 Å². The highest BCUT2D eigenvalue weighted by Gasteiger charge is 2.29. The van der Waals surface area contributed by atoms with Crippen LogP contribution in [0.25, 0.3) is 0 Å². The first-order chi connectivity index (χ1) is 15.1. The highest BCUT2D eigenvalue weighted by Crippen LogP contribution is 2.36. The van der Waals surface area contributed by atoms with Gasteiger partial charge in [-0.25, -0.2) is 20.8 Å². The second-order valence-corrected chi connectivity index (χ2v) is 8.58. The number of hydrazine groups is 1. The monoisotopic (exact) mass is 421 g/mol. The maximum atomic E-state index is 8.85. The molecule has 2 aromatic rings. The number of nitriles is 1. The van der Waals surface area contributed by atoms with Gasteiger partial charge in [0.05, 0.1) is 31.7 Å². The van der Waals surface area contributed by atoms with E-state index in [4.69, 9.17) is 10.00 Å². The van der Waals surface area contributed by atoms with Crippen molar-refractivity contribution in [1.82, 2.24) is 25.7 Å². The number of hydrogen-bond donors (Lipinski definition) is 3. The van der Waals surface area contributed by atoms with Gasteiger partial charge in [-0.2, -0.15) is 5.26 Å². The van der Waals surface area contributed by atoms with Crippen LogP contribution in [-0.4, -0.2) is 47.3 Å². The molecule has 0 bridgehead atoms. The Balaban J connectivity index is 1.40. The van der Waals surface area contributed by atoms with Crippen LogP contribution in [0.15, 0.2) is 30.6 Å². The Labute approximate surface area is 184 Å². The lowest BCUT2D eigenvalue weighted by Crippen LogP contribution is -2.37. The largest absolute Gasteiger partial charge is 0.496 e. The van der Waals surface area contributed by atoms with Gasteiger partial charge in [0.1, 0.15) is 17.6 Å². The van der Waals surface area contributed by atoms with Gasteiger partial charge in [-0.3, -0.25) is 0 Å². The zero-order chi connectivity index (χ0) is 21.8. The topological polar surface area (TPSA) is 98.1 Å². The predicted molar refractivity (Wildman–Crippen MR) is 119 cm³/mol. The fourth-order valence-electron chi connectivity index (χ4n) is 4.51. The van der Waals surface area contributed by atoms with Gasteiger partial charge >= 0.3 is 0 Å². The third-order valence-corrected chi connectivity index (χ3v) is 6.36. The van der Waals surface area contributed by atoms with Crippen molar-refractivity contribution in [3.8, 4) is 11.8 Å². The van der Waals surface area contributed by atoms with E-state index in [0.29, 0.717) is 23.5 Å². The van der Waals surface area contributed by atoms with Crippen molar-refractivity contribution >= 4 is 5.82 Å². The maximum absolute atomic E-state index is 8.85. The summed E-state index contributed by atoms with van der Waals surface area (Å²) in [5.41, 5.74) is 9.46. The molecule has 31 heavy (non-hydrogen) atoms. The quantitative estimate of drug-likeness (QED) is 0.655. The van der Waals surface area contributed by atoms with Crippen LogP contribution in [-0.2, 0) is 0 Å². The number of likely N-dealkylation sites (tertiary alicyclic amines) is 1. The van der Waals surface area contributed by atoms with Crippen LogP contribution in [0.3, 0.4) is 0 Å². The van der Waals surface area contributed by atoms with Crippen LogP contribution in [0.5, 0.6) is 5.75 Å². The lowest BCUT2D eigenvalue weighted by Gasteiger charge is -2.35. The third-order valence-electron chi connectivity index (χ3n) is 6.36. The molecule has 2 saturated heterocycles. The highest BCUT2D eigenvalue weighted by molar-refractivity contribution is 5.42. The SMILES string of the molecule is COc1cc(C2CCN(C(C)C)CC2)ccc1C1CC(Nc2cnc(C#N)cn2)NN1. The lowest BCUT2D eigenvalue weighted by molar-refractivity contribution is 0.172. The molecule has 0 spiro atoms. The Morgan fingerprint density at radius 2 is 2.00 bits per heavy atom. The summed E-state index contributed by atoms with van der Waals surface area (Å²) in [4.78, 5) is 10.8. The minimum absolute atomic E-state index is 0.00280. The fraction of sp³-hybridized carbons (Fsp3) is 0.522. The van der Waals surface area contributed by atoms with Crippen molar-refractivity contribution in [2.24, 2.45) is 0 Å². The second-order valence-electron chi connectivity index (χ2n) is 8.58. The first-order valence-corrected chi connectivity index (χ1v) is 11.0. The van der Waals surface area contributed by atoms with Crippen molar-refractivity contribution in [3.05, 3.63) is 47.4 Å². The minimum atomic E-state index is -0.00280. The summed E-state index contributed by atoms with van der Waals surface area (Å²) in [6.45, 7) is 6.87. The molecular formula is C23H31N7O. The first-order valence-electron chi connectivity index (χ1n) is 11.0. The normalized spacial score (nSPS) is 22.4. The molecule has 2 fully saturated rings. The molecule has 4 rings (SSSR count). The number of rotatable bonds is 6. The number of nitrogens with one attached hydrogen (secondary N) is 3. The van der Waals surface area contributed by atoms with E-state index in [1.807, 2.05) is 6.07 Å². The van der Waals surface area contributed by atoms with Gasteiger partial charge in [0.2, 0.25) is 0 Å². The van der Waals surface area contributed by atoms with E-state index < -0.39 is 0 Å². The van der Waals surface area contributed by atoms with Crippen LogP contribution in [0.1, 0.15) is 61.9 Å². The Morgan fingerprint density at radius 3 is 2.65 bits per heavy atom. The number of anilines is 1. The molecule has 2 aliphatic rings. The van der Waals surface area contributed by atoms with E-state index in [-0.39, 0.29) is 12.2 Å². The maximum Gasteiger partial charge on any atom is 0.158 e. The summed E-state index contributed by atoms with van der Waals surface area (Å²) in [6.07, 6.45) is 6.26. The Hall–Kier alpha value is -2.73. The molecule has 1 aromatic heterocycles. The van der Waals surface area contributed by atoms with Crippen LogP contribution >= 0.6 is 0 Å². The van der Waals surface area contributed by atoms with Gasteiger partial charge in [-0.1, -0.05) is 12.1 Å². The number of nitrogens with zero attached hydrogens (tertiary/aromatic N) is 4. The van der Waals surface area contributed by atoms with Crippen molar-refractivity contribution < 1.29 is 4.74 Å². The molecular weight excluding hydrogens is 390 g/mol. The van der Waals surface area contributed by atoms with Gasteiger partial charge in [0.25, 0.3) is 0 Å². The molecule has 0 radical (unpaired) electrons. The fourth-order valence-corrected chi connectivity index (χ4v) is 4.51. The van der Waals surface area contributed by atoms with E-state index >= 15 is 0 Å². The summed E-state index contributed by atoms with van der Waals surface area (Å²) >= 11 is 0. The second kappa shape index (κ2) is 9.60. The number of piperidine rings is 1. The number of benzene rings is 1. The molecule has 1 aromatic carbocycles. The molecule has 0 amide bonds.